The van der Waals surface area contributed by atoms with Gasteiger partial charge in [-0.25, -0.2) is 0 Å². The molecule has 0 saturated carbocycles. The van der Waals surface area contributed by atoms with E-state index in [1.807, 2.05) is 37.3 Å². The summed E-state index contributed by atoms with van der Waals surface area (Å²) < 4.78 is 10.5. The molecule has 0 radical (unpaired) electrons. The van der Waals surface area contributed by atoms with Crippen molar-refractivity contribution >= 4 is 17.6 Å². The van der Waals surface area contributed by atoms with Crippen molar-refractivity contribution in [1.29, 1.82) is 5.26 Å². The van der Waals surface area contributed by atoms with E-state index in [4.69, 9.17) is 9.47 Å². The van der Waals surface area contributed by atoms with Crippen LogP contribution < -0.4 is 10.1 Å². The van der Waals surface area contributed by atoms with Crippen molar-refractivity contribution in [2.75, 3.05) is 18.5 Å². The van der Waals surface area contributed by atoms with Crippen LogP contribution in [0.4, 0.5) is 5.69 Å². The molecule has 1 heterocycles. The van der Waals surface area contributed by atoms with Crippen LogP contribution in [0, 0.1) is 18.3 Å². The fourth-order valence-electron chi connectivity index (χ4n) is 3.44. The second-order valence-electron chi connectivity index (χ2n) is 6.93. The third-order valence-electron chi connectivity index (χ3n) is 5.01. The van der Waals surface area contributed by atoms with E-state index in [0.717, 1.165) is 11.1 Å². The summed E-state index contributed by atoms with van der Waals surface area (Å²) in [5.41, 5.74) is 1.97. The molecule has 6 heteroatoms. The highest BCUT2D eigenvalue weighted by Crippen LogP contribution is 2.37. The predicted octanol–water partition coefficient (Wildman–Crippen LogP) is 3.48. The second kappa shape index (κ2) is 8.24. The zero-order valence-corrected chi connectivity index (χ0v) is 16.0. The first-order valence-electron chi connectivity index (χ1n) is 9.13. The fourth-order valence-corrected chi connectivity index (χ4v) is 3.44. The van der Waals surface area contributed by atoms with E-state index in [1.54, 1.807) is 12.1 Å². The Balaban J connectivity index is 1.91. The van der Waals surface area contributed by atoms with Crippen LogP contribution in [0.3, 0.4) is 0 Å². The Labute approximate surface area is 164 Å². The Hall–Kier alpha value is -3.17. The van der Waals surface area contributed by atoms with Crippen LogP contribution in [0.25, 0.3) is 0 Å². The van der Waals surface area contributed by atoms with Crippen LogP contribution in [0.2, 0.25) is 0 Å². The van der Waals surface area contributed by atoms with Crippen LogP contribution in [0.15, 0.2) is 42.5 Å². The largest absolute Gasteiger partial charge is 0.427 e. The quantitative estimate of drug-likeness (QED) is 0.650. The van der Waals surface area contributed by atoms with Crippen LogP contribution in [0.1, 0.15) is 36.5 Å². The minimum atomic E-state index is -0.715. The van der Waals surface area contributed by atoms with Crippen molar-refractivity contribution < 1.29 is 19.1 Å². The zero-order valence-electron chi connectivity index (χ0n) is 16.0. The normalized spacial score (nSPS) is 15.3. The number of carbonyl (C=O) groups is 2. The number of esters is 1. The average Bonchev–Trinajstić information content (AvgIpc) is 2.69. The van der Waals surface area contributed by atoms with E-state index < -0.39 is 11.4 Å². The van der Waals surface area contributed by atoms with Crippen LogP contribution in [-0.4, -0.2) is 25.1 Å². The number of carbonyl (C=O) groups excluding carboxylic acids is 2. The molecular formula is C22H22N2O4. The minimum Gasteiger partial charge on any atom is -0.427 e. The first-order chi connectivity index (χ1) is 13.4. The van der Waals surface area contributed by atoms with Gasteiger partial charge in [0.15, 0.2) is 0 Å². The van der Waals surface area contributed by atoms with Gasteiger partial charge in [0.2, 0.25) is 5.91 Å². The lowest BCUT2D eigenvalue weighted by Crippen LogP contribution is -2.45. The summed E-state index contributed by atoms with van der Waals surface area (Å²) in [5, 5.41) is 12.4. The van der Waals surface area contributed by atoms with Gasteiger partial charge in [-0.15, -0.1) is 0 Å². The van der Waals surface area contributed by atoms with Crippen LogP contribution >= 0.6 is 0 Å². The number of aryl methyl sites for hydroxylation is 1. The molecule has 0 bridgehead atoms. The molecule has 2 aromatic rings. The molecule has 0 aromatic heterocycles. The van der Waals surface area contributed by atoms with E-state index in [1.165, 1.54) is 13.0 Å². The molecular weight excluding hydrogens is 356 g/mol. The Bertz CT molecular complexity index is 923. The highest BCUT2D eigenvalue weighted by molar-refractivity contribution is 6.00. The van der Waals surface area contributed by atoms with Crippen molar-refractivity contribution in [2.45, 2.75) is 32.1 Å². The Morgan fingerprint density at radius 2 is 1.82 bits per heavy atom. The maximum absolute atomic E-state index is 13.3. The fraction of sp³-hybridized carbons (Fsp3) is 0.318. The van der Waals surface area contributed by atoms with Gasteiger partial charge in [0.05, 0.1) is 16.7 Å². The first kappa shape index (κ1) is 19.6. The predicted molar refractivity (Wildman–Crippen MR) is 104 cm³/mol. The topological polar surface area (TPSA) is 88.4 Å². The molecule has 1 aliphatic rings. The van der Waals surface area contributed by atoms with Crippen LogP contribution in [0.5, 0.6) is 5.75 Å². The van der Waals surface area contributed by atoms with Gasteiger partial charge in [-0.05, 0) is 37.5 Å². The lowest BCUT2D eigenvalue weighted by atomic mass is 9.73. The molecule has 1 saturated heterocycles. The number of nitriles is 1. The summed E-state index contributed by atoms with van der Waals surface area (Å²) >= 11 is 0. The highest BCUT2D eigenvalue weighted by Gasteiger charge is 2.41. The first-order valence-corrected chi connectivity index (χ1v) is 9.13. The molecule has 1 amide bonds. The molecule has 0 aliphatic carbocycles. The van der Waals surface area contributed by atoms with Crippen molar-refractivity contribution in [3.8, 4) is 11.8 Å². The maximum atomic E-state index is 13.3. The summed E-state index contributed by atoms with van der Waals surface area (Å²) in [6, 6.07) is 14.6. The molecule has 0 atom stereocenters. The number of nitrogens with one attached hydrogen (secondary N) is 1. The molecule has 0 spiro atoms. The number of amides is 1. The minimum absolute atomic E-state index is 0.170. The standard InChI is InChI=1S/C22H22N2O4/c1-15-3-5-18(6-4-15)22(9-11-27-12-10-22)21(26)24-20-8-7-19(28-16(2)25)13-17(20)14-23/h3-8,13H,9-12H2,1-2H3,(H,24,26). The van der Waals surface area contributed by atoms with Gasteiger partial charge in [0.1, 0.15) is 11.8 Å². The third-order valence-corrected chi connectivity index (χ3v) is 5.01. The van der Waals surface area contributed by atoms with Crippen molar-refractivity contribution in [1.82, 2.24) is 0 Å². The lowest BCUT2D eigenvalue weighted by Gasteiger charge is -2.36. The van der Waals surface area contributed by atoms with E-state index >= 15 is 0 Å². The molecule has 1 aliphatic heterocycles. The summed E-state index contributed by atoms with van der Waals surface area (Å²) in [6.45, 7) is 4.29. The van der Waals surface area contributed by atoms with Crippen molar-refractivity contribution in [3.63, 3.8) is 0 Å². The van der Waals surface area contributed by atoms with Gasteiger partial charge >= 0.3 is 5.97 Å². The van der Waals surface area contributed by atoms with Gasteiger partial charge in [-0.2, -0.15) is 5.26 Å². The molecule has 28 heavy (non-hydrogen) atoms. The summed E-state index contributed by atoms with van der Waals surface area (Å²) in [4.78, 5) is 24.5. The molecule has 1 N–H and O–H groups in total. The SMILES string of the molecule is CC(=O)Oc1ccc(NC(=O)C2(c3ccc(C)cc3)CCOCC2)c(C#N)c1. The molecule has 6 nitrogen and oxygen atoms in total. The highest BCUT2D eigenvalue weighted by atomic mass is 16.5. The summed E-state index contributed by atoms with van der Waals surface area (Å²) in [5.74, 6) is -0.376. The summed E-state index contributed by atoms with van der Waals surface area (Å²) in [7, 11) is 0. The van der Waals surface area contributed by atoms with E-state index in [2.05, 4.69) is 5.32 Å². The molecule has 144 valence electrons. The van der Waals surface area contributed by atoms with Gasteiger partial charge in [-0.3, -0.25) is 9.59 Å². The third kappa shape index (κ3) is 4.05. The number of ether oxygens (including phenoxy) is 2. The Morgan fingerprint density at radius 1 is 1.14 bits per heavy atom. The van der Waals surface area contributed by atoms with Gasteiger partial charge in [-0.1, -0.05) is 29.8 Å². The second-order valence-corrected chi connectivity index (χ2v) is 6.93. The summed E-state index contributed by atoms with van der Waals surface area (Å²) in [6.07, 6.45) is 1.13. The lowest BCUT2D eigenvalue weighted by molar-refractivity contribution is -0.132. The Morgan fingerprint density at radius 3 is 2.43 bits per heavy atom. The number of benzene rings is 2. The van der Waals surface area contributed by atoms with E-state index in [0.29, 0.717) is 31.7 Å². The average molecular weight is 378 g/mol. The number of hydrogen-bond acceptors (Lipinski definition) is 5. The smallest absolute Gasteiger partial charge is 0.308 e. The van der Waals surface area contributed by atoms with Crippen LogP contribution in [-0.2, 0) is 19.7 Å². The van der Waals surface area contributed by atoms with Gasteiger partial charge in [0, 0.05) is 26.2 Å². The van der Waals surface area contributed by atoms with Crippen molar-refractivity contribution in [3.05, 3.63) is 59.2 Å². The van der Waals surface area contributed by atoms with E-state index in [-0.39, 0.29) is 17.2 Å². The molecule has 2 aromatic carbocycles. The number of rotatable bonds is 4. The number of nitrogens with zero attached hydrogens (tertiary/aromatic N) is 1. The number of hydrogen-bond donors (Lipinski definition) is 1. The molecule has 1 fully saturated rings. The number of anilines is 1. The monoisotopic (exact) mass is 378 g/mol. The van der Waals surface area contributed by atoms with Gasteiger partial charge in [0.25, 0.3) is 0 Å². The molecule has 3 rings (SSSR count). The maximum Gasteiger partial charge on any atom is 0.308 e. The Kier molecular flexibility index (Phi) is 5.76. The van der Waals surface area contributed by atoms with Crippen molar-refractivity contribution in [2.24, 2.45) is 0 Å². The van der Waals surface area contributed by atoms with Gasteiger partial charge < -0.3 is 14.8 Å². The molecule has 0 unspecified atom stereocenters. The van der Waals surface area contributed by atoms with E-state index in [9.17, 15) is 14.9 Å². The zero-order chi connectivity index (χ0) is 20.1.